The van der Waals surface area contributed by atoms with Gasteiger partial charge < -0.3 is 4.74 Å². The second-order valence-electron chi connectivity index (χ2n) is 6.75. The third-order valence-electron chi connectivity index (χ3n) is 5.02. The molecule has 0 bridgehead atoms. The van der Waals surface area contributed by atoms with E-state index in [9.17, 15) is 18.5 Å². The van der Waals surface area contributed by atoms with E-state index >= 15 is 0 Å². The largest absolute Gasteiger partial charge is 0.497 e. The highest BCUT2D eigenvalue weighted by atomic mass is 32.2. The summed E-state index contributed by atoms with van der Waals surface area (Å²) in [6.07, 6.45) is 0. The molecule has 0 fully saturated rings. The molecule has 0 spiro atoms. The van der Waals surface area contributed by atoms with Crippen LogP contribution in [-0.4, -0.2) is 36.3 Å². The van der Waals surface area contributed by atoms with Gasteiger partial charge >= 0.3 is 0 Å². The highest BCUT2D eigenvalue weighted by molar-refractivity contribution is 7.93. The number of ketones is 1. The van der Waals surface area contributed by atoms with Crippen molar-refractivity contribution in [3.63, 3.8) is 0 Å². The van der Waals surface area contributed by atoms with Gasteiger partial charge in [-0.2, -0.15) is 10.4 Å². The van der Waals surface area contributed by atoms with Crippen molar-refractivity contribution in [3.05, 3.63) is 66.4 Å². The van der Waals surface area contributed by atoms with Crippen LogP contribution >= 0.6 is 0 Å². The first-order chi connectivity index (χ1) is 14.4. The first-order valence-electron chi connectivity index (χ1n) is 9.04. The zero-order valence-electron chi connectivity index (χ0n) is 16.2. The second kappa shape index (κ2) is 7.28. The van der Waals surface area contributed by atoms with E-state index in [1.165, 1.54) is 31.4 Å². The SMILES string of the molecule is COc1ccc(S(=O)(=O)C(C#N)C(=O)c2nn(C)c3c2ccc2ccccc23)cc1. The normalized spacial score (nSPS) is 12.6. The highest BCUT2D eigenvalue weighted by Crippen LogP contribution is 2.29. The molecule has 7 nitrogen and oxygen atoms in total. The minimum absolute atomic E-state index is 0.0399. The van der Waals surface area contributed by atoms with Crippen LogP contribution in [0, 0.1) is 11.3 Å². The molecule has 0 amide bonds. The van der Waals surface area contributed by atoms with Crippen LogP contribution in [0.1, 0.15) is 10.5 Å². The number of aromatic nitrogens is 2. The Kier molecular flexibility index (Phi) is 4.76. The van der Waals surface area contributed by atoms with Crippen LogP contribution in [0.25, 0.3) is 21.7 Å². The van der Waals surface area contributed by atoms with Gasteiger partial charge in [-0.25, -0.2) is 8.42 Å². The van der Waals surface area contributed by atoms with Crippen molar-refractivity contribution < 1.29 is 17.9 Å². The fraction of sp³-hybridized carbons (Fsp3) is 0.136. The van der Waals surface area contributed by atoms with Crippen LogP contribution in [0.3, 0.4) is 0 Å². The Morgan fingerprint density at radius 2 is 1.77 bits per heavy atom. The van der Waals surface area contributed by atoms with Gasteiger partial charge in [0.25, 0.3) is 0 Å². The molecular weight excluding hydrogens is 402 g/mol. The number of carbonyl (C=O) groups is 1. The maximum atomic E-state index is 13.2. The Labute approximate surface area is 173 Å². The molecule has 1 unspecified atom stereocenters. The number of rotatable bonds is 5. The van der Waals surface area contributed by atoms with E-state index in [0.29, 0.717) is 16.7 Å². The lowest BCUT2D eigenvalue weighted by atomic mass is 10.0. The molecule has 1 aromatic heterocycles. The molecule has 0 aliphatic carbocycles. The first-order valence-corrected chi connectivity index (χ1v) is 10.6. The number of ether oxygens (including phenoxy) is 1. The minimum Gasteiger partial charge on any atom is -0.497 e. The van der Waals surface area contributed by atoms with Crippen LogP contribution in [0.15, 0.2) is 65.6 Å². The number of benzene rings is 3. The van der Waals surface area contributed by atoms with E-state index < -0.39 is 20.9 Å². The Hall–Kier alpha value is -3.70. The molecular formula is C22H17N3O4S. The Balaban J connectivity index is 1.84. The molecule has 3 aromatic carbocycles. The summed E-state index contributed by atoms with van der Waals surface area (Å²) in [5, 5.41) is 14.3. The first kappa shape index (κ1) is 19.6. The number of sulfone groups is 1. The van der Waals surface area contributed by atoms with Gasteiger partial charge in [-0.05, 0) is 35.7 Å². The average molecular weight is 419 g/mol. The molecule has 0 aliphatic rings. The second-order valence-corrected chi connectivity index (χ2v) is 8.78. The fourth-order valence-corrected chi connectivity index (χ4v) is 4.85. The van der Waals surface area contributed by atoms with Gasteiger partial charge in [-0.1, -0.05) is 30.3 Å². The molecule has 0 saturated heterocycles. The van der Waals surface area contributed by atoms with E-state index in [1.54, 1.807) is 23.9 Å². The van der Waals surface area contributed by atoms with Gasteiger partial charge in [0.05, 0.1) is 23.6 Å². The van der Waals surface area contributed by atoms with Gasteiger partial charge in [-0.3, -0.25) is 9.48 Å². The molecule has 0 radical (unpaired) electrons. The van der Waals surface area contributed by atoms with Crippen molar-refractivity contribution in [2.24, 2.45) is 7.05 Å². The molecule has 1 atom stereocenters. The summed E-state index contributed by atoms with van der Waals surface area (Å²) in [5.74, 6) is -0.384. The van der Waals surface area contributed by atoms with E-state index in [-0.39, 0.29) is 10.6 Å². The summed E-state index contributed by atoms with van der Waals surface area (Å²) in [5.41, 5.74) is 0.664. The fourth-order valence-electron chi connectivity index (χ4n) is 3.53. The lowest BCUT2D eigenvalue weighted by Crippen LogP contribution is -2.29. The molecule has 150 valence electrons. The maximum Gasteiger partial charge on any atom is 0.216 e. The smallest absolute Gasteiger partial charge is 0.216 e. The highest BCUT2D eigenvalue weighted by Gasteiger charge is 2.37. The number of aryl methyl sites for hydroxylation is 1. The molecule has 0 N–H and O–H groups in total. The molecule has 0 aliphatic heterocycles. The van der Waals surface area contributed by atoms with E-state index in [1.807, 2.05) is 30.3 Å². The minimum atomic E-state index is -4.24. The van der Waals surface area contributed by atoms with Gasteiger partial charge in [0, 0.05) is 17.8 Å². The quantitative estimate of drug-likeness (QED) is 0.460. The summed E-state index contributed by atoms with van der Waals surface area (Å²) in [4.78, 5) is 13.0. The predicted molar refractivity (Wildman–Crippen MR) is 112 cm³/mol. The van der Waals surface area contributed by atoms with E-state index in [2.05, 4.69) is 5.10 Å². The maximum absolute atomic E-state index is 13.2. The molecule has 0 saturated carbocycles. The molecule has 8 heteroatoms. The van der Waals surface area contributed by atoms with Crippen LogP contribution < -0.4 is 4.74 Å². The van der Waals surface area contributed by atoms with Crippen LogP contribution in [0.2, 0.25) is 0 Å². The number of hydrogen-bond acceptors (Lipinski definition) is 6. The Morgan fingerprint density at radius 3 is 2.43 bits per heavy atom. The van der Waals surface area contributed by atoms with E-state index in [0.717, 1.165) is 10.8 Å². The van der Waals surface area contributed by atoms with Crippen molar-refractivity contribution in [2.75, 3.05) is 7.11 Å². The summed E-state index contributed by atoms with van der Waals surface area (Å²) < 4.78 is 32.6. The number of methoxy groups -OCH3 is 1. The summed E-state index contributed by atoms with van der Waals surface area (Å²) in [7, 11) is -1.10. The van der Waals surface area contributed by atoms with Gasteiger partial charge in [0.15, 0.2) is 0 Å². The number of fused-ring (bicyclic) bond motifs is 3. The summed E-state index contributed by atoms with van der Waals surface area (Å²) in [6.45, 7) is 0. The molecule has 1 heterocycles. The third kappa shape index (κ3) is 3.00. The van der Waals surface area contributed by atoms with Crippen LogP contribution in [0.4, 0.5) is 0 Å². The topological polar surface area (TPSA) is 102 Å². The lowest BCUT2D eigenvalue weighted by molar-refractivity contribution is 0.0996. The number of carbonyl (C=O) groups excluding carboxylic acids is 1. The number of nitriles is 1. The number of nitrogens with zero attached hydrogens (tertiary/aromatic N) is 3. The lowest BCUT2D eigenvalue weighted by Gasteiger charge is -2.10. The molecule has 4 aromatic rings. The average Bonchev–Trinajstić information content (AvgIpc) is 3.11. The zero-order chi connectivity index (χ0) is 21.5. The van der Waals surface area contributed by atoms with Gasteiger partial charge in [0.1, 0.15) is 11.4 Å². The van der Waals surface area contributed by atoms with E-state index in [4.69, 9.17) is 4.74 Å². The van der Waals surface area contributed by atoms with Gasteiger partial charge in [0.2, 0.25) is 20.9 Å². The number of Topliss-reactive ketones (excluding diaryl/α,β-unsaturated/α-hetero) is 1. The number of hydrogen-bond donors (Lipinski definition) is 0. The molecule has 30 heavy (non-hydrogen) atoms. The standard InChI is InChI=1S/C22H17N3O4S/c1-25-21-17-6-4-3-5-14(17)7-12-18(21)20(24-25)22(26)19(13-23)30(27,28)16-10-8-15(29-2)9-11-16/h3-12,19H,1-2H3. The van der Waals surface area contributed by atoms with Crippen molar-refractivity contribution in [2.45, 2.75) is 10.1 Å². The predicted octanol–water partition coefficient (Wildman–Crippen LogP) is 3.28. The van der Waals surface area contributed by atoms with Crippen molar-refractivity contribution in [1.82, 2.24) is 9.78 Å². The zero-order valence-corrected chi connectivity index (χ0v) is 17.1. The summed E-state index contributed by atoms with van der Waals surface area (Å²) in [6, 6.07) is 18.4. The van der Waals surface area contributed by atoms with Crippen molar-refractivity contribution >= 4 is 37.3 Å². The third-order valence-corrected chi connectivity index (χ3v) is 6.89. The van der Waals surface area contributed by atoms with Crippen molar-refractivity contribution in [3.8, 4) is 11.8 Å². The Morgan fingerprint density at radius 1 is 1.07 bits per heavy atom. The Bertz CT molecular complexity index is 1430. The van der Waals surface area contributed by atoms with Gasteiger partial charge in [-0.15, -0.1) is 0 Å². The summed E-state index contributed by atoms with van der Waals surface area (Å²) >= 11 is 0. The monoisotopic (exact) mass is 419 g/mol. The molecule has 4 rings (SSSR count). The van der Waals surface area contributed by atoms with Crippen LogP contribution in [-0.2, 0) is 16.9 Å². The van der Waals surface area contributed by atoms with Crippen LogP contribution in [0.5, 0.6) is 5.75 Å². The van der Waals surface area contributed by atoms with Crippen molar-refractivity contribution in [1.29, 1.82) is 5.26 Å².